The quantitative estimate of drug-likeness (QED) is 0.607. The van der Waals surface area contributed by atoms with Crippen LogP contribution in [-0.2, 0) is 19.7 Å². The van der Waals surface area contributed by atoms with Gasteiger partial charge >= 0.3 is 5.97 Å². The molecule has 84 valence electrons. The average molecular weight is 224 g/mol. The van der Waals surface area contributed by atoms with E-state index in [9.17, 15) is 13.2 Å². The zero-order valence-electron chi connectivity index (χ0n) is 8.61. The van der Waals surface area contributed by atoms with Crippen LogP contribution >= 0.6 is 0 Å². The number of esters is 1. The maximum atomic E-state index is 11.4. The molecule has 7 heteroatoms. The second-order valence-corrected chi connectivity index (χ2v) is 4.24. The molecule has 0 rings (SSSR count). The summed E-state index contributed by atoms with van der Waals surface area (Å²) < 4.78 is 30.5. The minimum absolute atomic E-state index is 0.338. The van der Waals surface area contributed by atoms with Gasteiger partial charge in [-0.05, 0) is 0 Å². The molecule has 0 bridgehead atoms. The molecule has 0 saturated heterocycles. The minimum atomic E-state index is -3.55. The van der Waals surface area contributed by atoms with Crippen LogP contribution in [0.4, 0.5) is 0 Å². The number of hydrogen-bond donors (Lipinski definition) is 1. The molecule has 0 fully saturated rings. The van der Waals surface area contributed by atoms with Crippen LogP contribution in [0.15, 0.2) is 0 Å². The van der Waals surface area contributed by atoms with Crippen molar-refractivity contribution in [3.63, 3.8) is 0 Å². The fourth-order valence-corrected chi connectivity index (χ4v) is 2.04. The van der Waals surface area contributed by atoms with Gasteiger partial charge in [-0.1, -0.05) is 13.8 Å². The molecule has 0 aromatic carbocycles. The highest BCUT2D eigenvalue weighted by Crippen LogP contribution is 1.95. The summed E-state index contributed by atoms with van der Waals surface area (Å²) in [4.78, 5) is 10.7. The van der Waals surface area contributed by atoms with Crippen LogP contribution in [0.2, 0.25) is 0 Å². The van der Waals surface area contributed by atoms with E-state index in [2.05, 4.69) is 9.46 Å². The maximum absolute atomic E-state index is 11.4. The SMILES string of the molecule is CCN(CC)S(=O)(=O)NCC(=O)OC. The van der Waals surface area contributed by atoms with Gasteiger partial charge in [-0.15, -0.1) is 0 Å². The number of carbonyl (C=O) groups excluding carboxylic acids is 1. The van der Waals surface area contributed by atoms with E-state index in [1.165, 1.54) is 11.4 Å². The van der Waals surface area contributed by atoms with E-state index in [0.29, 0.717) is 13.1 Å². The van der Waals surface area contributed by atoms with Gasteiger partial charge in [0, 0.05) is 13.1 Å². The fraction of sp³-hybridized carbons (Fsp3) is 0.857. The van der Waals surface area contributed by atoms with Crippen LogP contribution in [0.3, 0.4) is 0 Å². The Morgan fingerprint density at radius 2 is 1.86 bits per heavy atom. The number of nitrogens with one attached hydrogen (secondary N) is 1. The van der Waals surface area contributed by atoms with Crippen molar-refractivity contribution in [1.29, 1.82) is 0 Å². The molecular formula is C7H16N2O4S. The van der Waals surface area contributed by atoms with E-state index < -0.39 is 16.2 Å². The van der Waals surface area contributed by atoms with E-state index in [-0.39, 0.29) is 6.54 Å². The third-order valence-electron chi connectivity index (χ3n) is 1.67. The molecule has 14 heavy (non-hydrogen) atoms. The Hall–Kier alpha value is -0.660. The summed E-state index contributed by atoms with van der Waals surface area (Å²) in [6, 6.07) is 0. The average Bonchev–Trinajstić information content (AvgIpc) is 2.15. The van der Waals surface area contributed by atoms with Gasteiger partial charge in [0.25, 0.3) is 10.2 Å². The Bertz CT molecular complexity index is 271. The van der Waals surface area contributed by atoms with Gasteiger partial charge in [0.1, 0.15) is 6.54 Å². The molecule has 0 amide bonds. The lowest BCUT2D eigenvalue weighted by Gasteiger charge is -2.18. The van der Waals surface area contributed by atoms with Crippen LogP contribution in [0.25, 0.3) is 0 Å². The Kier molecular flexibility index (Phi) is 5.66. The number of nitrogens with zero attached hydrogens (tertiary/aromatic N) is 1. The Morgan fingerprint density at radius 1 is 1.36 bits per heavy atom. The summed E-state index contributed by atoms with van der Waals surface area (Å²) in [6.45, 7) is 3.84. The lowest BCUT2D eigenvalue weighted by Crippen LogP contribution is -2.42. The lowest BCUT2D eigenvalue weighted by atomic mass is 10.7. The largest absolute Gasteiger partial charge is 0.468 e. The van der Waals surface area contributed by atoms with E-state index in [0.717, 1.165) is 0 Å². The number of rotatable bonds is 6. The van der Waals surface area contributed by atoms with Crippen molar-refractivity contribution in [1.82, 2.24) is 9.03 Å². The van der Waals surface area contributed by atoms with Gasteiger partial charge in [0.05, 0.1) is 7.11 Å². The van der Waals surface area contributed by atoms with Gasteiger partial charge in [-0.2, -0.15) is 17.4 Å². The van der Waals surface area contributed by atoms with Crippen molar-refractivity contribution in [2.24, 2.45) is 0 Å². The highest BCUT2D eigenvalue weighted by atomic mass is 32.2. The van der Waals surface area contributed by atoms with Crippen LogP contribution in [-0.4, -0.2) is 45.4 Å². The number of carbonyl (C=O) groups is 1. The first-order valence-corrected chi connectivity index (χ1v) is 5.73. The molecule has 0 saturated carbocycles. The summed E-state index contributed by atoms with van der Waals surface area (Å²) in [5, 5.41) is 0. The molecule has 0 aromatic heterocycles. The van der Waals surface area contributed by atoms with Gasteiger partial charge < -0.3 is 4.74 Å². The van der Waals surface area contributed by atoms with Crippen molar-refractivity contribution >= 4 is 16.2 Å². The van der Waals surface area contributed by atoms with Crippen LogP contribution in [0, 0.1) is 0 Å². The second kappa shape index (κ2) is 5.94. The number of ether oxygens (including phenoxy) is 1. The summed E-state index contributed by atoms with van der Waals surface area (Å²) in [5.41, 5.74) is 0. The monoisotopic (exact) mass is 224 g/mol. The first-order valence-electron chi connectivity index (χ1n) is 4.29. The maximum Gasteiger partial charge on any atom is 0.320 e. The van der Waals surface area contributed by atoms with Crippen molar-refractivity contribution < 1.29 is 17.9 Å². The third-order valence-corrected chi connectivity index (χ3v) is 3.38. The summed E-state index contributed by atoms with van der Waals surface area (Å²) in [7, 11) is -2.34. The molecule has 0 aliphatic rings. The first-order chi connectivity index (χ1) is 6.47. The third kappa shape index (κ3) is 4.03. The van der Waals surface area contributed by atoms with Gasteiger partial charge in [-0.25, -0.2) is 0 Å². The zero-order chi connectivity index (χ0) is 11.2. The molecule has 0 aliphatic heterocycles. The Morgan fingerprint density at radius 3 is 2.21 bits per heavy atom. The molecule has 1 N–H and O–H groups in total. The van der Waals surface area contributed by atoms with E-state index in [1.807, 2.05) is 0 Å². The van der Waals surface area contributed by atoms with Crippen LogP contribution in [0.1, 0.15) is 13.8 Å². The number of methoxy groups -OCH3 is 1. The van der Waals surface area contributed by atoms with E-state index in [4.69, 9.17) is 0 Å². The normalized spacial score (nSPS) is 11.7. The van der Waals surface area contributed by atoms with Crippen molar-refractivity contribution in [3.8, 4) is 0 Å². The molecule has 6 nitrogen and oxygen atoms in total. The lowest BCUT2D eigenvalue weighted by molar-refractivity contribution is -0.139. The van der Waals surface area contributed by atoms with Gasteiger partial charge in [0.2, 0.25) is 0 Å². The minimum Gasteiger partial charge on any atom is -0.468 e. The molecule has 0 aliphatic carbocycles. The van der Waals surface area contributed by atoms with E-state index >= 15 is 0 Å². The first kappa shape index (κ1) is 13.3. The second-order valence-electron chi connectivity index (χ2n) is 2.49. The highest BCUT2D eigenvalue weighted by molar-refractivity contribution is 7.87. The molecule has 0 radical (unpaired) electrons. The molecule has 0 heterocycles. The summed E-state index contributed by atoms with van der Waals surface area (Å²) in [6.07, 6.45) is 0. The van der Waals surface area contributed by atoms with Crippen LogP contribution in [0.5, 0.6) is 0 Å². The molecule has 0 spiro atoms. The predicted octanol–water partition coefficient (Wildman–Crippen LogP) is -0.664. The highest BCUT2D eigenvalue weighted by Gasteiger charge is 2.18. The van der Waals surface area contributed by atoms with Gasteiger partial charge in [0.15, 0.2) is 0 Å². The Balaban J connectivity index is 4.27. The molecule has 0 unspecified atom stereocenters. The molecule has 0 aromatic rings. The predicted molar refractivity (Wildman–Crippen MR) is 51.9 cm³/mol. The van der Waals surface area contributed by atoms with Gasteiger partial charge in [-0.3, -0.25) is 4.79 Å². The topological polar surface area (TPSA) is 75.7 Å². The molecule has 0 atom stereocenters. The van der Waals surface area contributed by atoms with E-state index in [1.54, 1.807) is 13.8 Å². The smallest absolute Gasteiger partial charge is 0.320 e. The number of hydrogen-bond acceptors (Lipinski definition) is 4. The summed E-state index contributed by atoms with van der Waals surface area (Å²) >= 11 is 0. The van der Waals surface area contributed by atoms with Crippen molar-refractivity contribution in [2.75, 3.05) is 26.7 Å². The zero-order valence-corrected chi connectivity index (χ0v) is 9.43. The Labute approximate surface area is 84.4 Å². The van der Waals surface area contributed by atoms with Crippen molar-refractivity contribution in [3.05, 3.63) is 0 Å². The fourth-order valence-electron chi connectivity index (χ4n) is 0.877. The summed E-state index contributed by atoms with van der Waals surface area (Å²) in [5.74, 6) is -0.610. The van der Waals surface area contributed by atoms with Crippen LogP contribution < -0.4 is 4.72 Å². The van der Waals surface area contributed by atoms with Crippen molar-refractivity contribution in [2.45, 2.75) is 13.8 Å². The molecular weight excluding hydrogens is 208 g/mol. The standard InChI is InChI=1S/C7H16N2O4S/c1-4-9(5-2)14(11,12)8-6-7(10)13-3/h8H,4-6H2,1-3H3.